The Labute approximate surface area is 428 Å². The van der Waals surface area contributed by atoms with Gasteiger partial charge < -0.3 is 24.5 Å². The number of pyridine rings is 1. The molecule has 4 aliphatic rings. The van der Waals surface area contributed by atoms with Crippen molar-refractivity contribution in [3.8, 4) is 5.75 Å². The molecule has 3 amide bonds. The van der Waals surface area contributed by atoms with Crippen LogP contribution in [0, 0.1) is 11.8 Å². The summed E-state index contributed by atoms with van der Waals surface area (Å²) in [7, 11) is 1.93. The molecule has 4 aliphatic heterocycles. The Bertz CT molecular complexity index is 3170. The molecule has 4 aromatic carbocycles. The Morgan fingerprint density at radius 1 is 0.822 bits per heavy atom. The lowest BCUT2D eigenvalue weighted by atomic mass is 9.89. The lowest BCUT2D eigenvalue weighted by molar-refractivity contribution is -0.134. The number of nitrogens with one attached hydrogen (secondary N) is 2. The number of hydrogen-bond donors (Lipinski definition) is 3. The van der Waals surface area contributed by atoms with E-state index in [2.05, 4.69) is 60.7 Å². The molecule has 3 fully saturated rings. The number of rotatable bonds is 15. The number of imide groups is 1. The van der Waals surface area contributed by atoms with Gasteiger partial charge in [-0.25, -0.2) is 14.8 Å². The first-order valence-corrected chi connectivity index (χ1v) is 26.7. The van der Waals surface area contributed by atoms with Crippen LogP contribution in [0.15, 0.2) is 97.1 Å². The van der Waals surface area contributed by atoms with Crippen LogP contribution in [0.1, 0.15) is 106 Å². The van der Waals surface area contributed by atoms with Gasteiger partial charge in [0.25, 0.3) is 5.91 Å². The highest BCUT2D eigenvalue weighted by Crippen LogP contribution is 2.35. The molecular weight excluding hydrogens is 939 g/mol. The van der Waals surface area contributed by atoms with Gasteiger partial charge >= 0.3 is 5.97 Å². The average Bonchev–Trinajstić information content (AvgIpc) is 3.98. The van der Waals surface area contributed by atoms with Gasteiger partial charge in [-0.3, -0.25) is 29.7 Å². The van der Waals surface area contributed by atoms with Crippen LogP contribution in [0.5, 0.6) is 5.75 Å². The smallest absolute Gasteiger partial charge is 0.354 e. The van der Waals surface area contributed by atoms with E-state index in [0.717, 1.165) is 89.4 Å². The summed E-state index contributed by atoms with van der Waals surface area (Å²) in [5.74, 6) is 0.454. The van der Waals surface area contributed by atoms with Crippen LogP contribution in [-0.2, 0) is 42.6 Å². The van der Waals surface area contributed by atoms with Crippen LogP contribution >= 0.6 is 11.3 Å². The van der Waals surface area contributed by atoms with Crippen molar-refractivity contribution in [1.82, 2.24) is 30.0 Å². The molecule has 73 heavy (non-hydrogen) atoms. The number of para-hydroxylation sites is 1. The SMILES string of the molecule is Cn1nc(C2CCC(=O)NC2=O)c2ccc(N3CCC(CCN4CCC(CCc5cccc(OCc6ccc(N7CCc8cccc(C(=O)Nc9nc%10ccccc%10s9)c8C7)nc6C(=O)O)c5)CC4)CC3)cc21. The van der Waals surface area contributed by atoms with Gasteiger partial charge in [-0.2, -0.15) is 5.10 Å². The van der Waals surface area contributed by atoms with Gasteiger partial charge in [-0.15, -0.1) is 0 Å². The van der Waals surface area contributed by atoms with E-state index in [1.807, 2.05) is 77.3 Å². The van der Waals surface area contributed by atoms with Crippen molar-refractivity contribution in [3.63, 3.8) is 0 Å². The van der Waals surface area contributed by atoms with E-state index in [9.17, 15) is 24.3 Å². The fourth-order valence-corrected chi connectivity index (χ4v) is 12.2. The van der Waals surface area contributed by atoms with Crippen LogP contribution < -0.4 is 25.2 Å². The van der Waals surface area contributed by atoms with Gasteiger partial charge in [0, 0.05) is 61.8 Å². The number of thiazole rings is 1. The molecule has 11 rings (SSSR count). The minimum Gasteiger partial charge on any atom is -0.489 e. The summed E-state index contributed by atoms with van der Waals surface area (Å²) in [4.78, 5) is 66.9. The normalized spacial score (nSPS) is 18.0. The second-order valence-corrected chi connectivity index (χ2v) is 21.3. The van der Waals surface area contributed by atoms with Crippen molar-refractivity contribution in [1.29, 1.82) is 0 Å². The van der Waals surface area contributed by atoms with Gasteiger partial charge in [0.2, 0.25) is 11.8 Å². The fraction of sp³-hybridized carbons (Fsp3) is 0.386. The predicted molar refractivity (Wildman–Crippen MR) is 284 cm³/mol. The molecule has 7 heterocycles. The van der Waals surface area contributed by atoms with E-state index in [0.29, 0.717) is 66.1 Å². The molecule has 7 aromatic rings. The highest BCUT2D eigenvalue weighted by Gasteiger charge is 2.32. The van der Waals surface area contributed by atoms with Crippen molar-refractivity contribution in [3.05, 3.63) is 136 Å². The zero-order valence-corrected chi connectivity index (χ0v) is 42.0. The van der Waals surface area contributed by atoms with Crippen molar-refractivity contribution < 1.29 is 29.0 Å². The number of amides is 3. The molecule has 1 atom stereocenters. The Morgan fingerprint density at radius 3 is 2.45 bits per heavy atom. The molecule has 376 valence electrons. The summed E-state index contributed by atoms with van der Waals surface area (Å²) < 4.78 is 9.09. The molecule has 3 aromatic heterocycles. The monoisotopic (exact) mass is 999 g/mol. The third kappa shape index (κ3) is 10.7. The first-order valence-electron chi connectivity index (χ1n) is 25.8. The molecule has 15 nitrogen and oxygen atoms in total. The second-order valence-electron chi connectivity index (χ2n) is 20.2. The largest absolute Gasteiger partial charge is 0.489 e. The second kappa shape index (κ2) is 21.1. The molecule has 0 spiro atoms. The summed E-state index contributed by atoms with van der Waals surface area (Å²) in [6.07, 6.45) is 9.64. The first-order chi connectivity index (χ1) is 35.6. The molecular formula is C57H61N9O6S. The summed E-state index contributed by atoms with van der Waals surface area (Å²) in [6, 6.07) is 31.8. The van der Waals surface area contributed by atoms with Gasteiger partial charge in [0.15, 0.2) is 10.8 Å². The predicted octanol–water partition coefficient (Wildman–Crippen LogP) is 9.14. The number of benzene rings is 4. The number of aromatic nitrogens is 4. The molecule has 0 radical (unpaired) electrons. The quantitative estimate of drug-likeness (QED) is 0.0833. The first kappa shape index (κ1) is 48.1. The van der Waals surface area contributed by atoms with Gasteiger partial charge in [-0.1, -0.05) is 47.7 Å². The lowest BCUT2D eigenvalue weighted by Gasteiger charge is -2.36. The molecule has 0 bridgehead atoms. The number of carboxylic acids is 1. The van der Waals surface area contributed by atoms with Crippen molar-refractivity contribution in [2.75, 3.05) is 54.4 Å². The molecule has 0 aliphatic carbocycles. The zero-order chi connectivity index (χ0) is 50.0. The maximum absolute atomic E-state index is 13.6. The number of carbonyl (C=O) groups excluding carboxylic acids is 3. The molecule has 1 unspecified atom stereocenters. The zero-order valence-electron chi connectivity index (χ0n) is 41.2. The maximum Gasteiger partial charge on any atom is 0.354 e. The van der Waals surface area contributed by atoms with Gasteiger partial charge in [0.1, 0.15) is 18.2 Å². The van der Waals surface area contributed by atoms with E-state index in [4.69, 9.17) is 9.84 Å². The molecule has 3 N–H and O–H groups in total. The third-order valence-corrected chi connectivity index (χ3v) is 16.6. The van der Waals surface area contributed by atoms with E-state index >= 15 is 0 Å². The number of likely N-dealkylation sites (tertiary alicyclic amines) is 1. The number of piperidine rings is 3. The van der Waals surface area contributed by atoms with Gasteiger partial charge in [-0.05, 0) is 167 Å². The van der Waals surface area contributed by atoms with E-state index in [1.54, 1.807) is 6.07 Å². The number of aryl methyl sites for hydroxylation is 2. The molecule has 16 heteroatoms. The molecule has 3 saturated heterocycles. The number of nitrogens with zero attached hydrogens (tertiary/aromatic N) is 7. The number of fused-ring (bicyclic) bond motifs is 3. The molecule has 0 saturated carbocycles. The van der Waals surface area contributed by atoms with E-state index in [1.165, 1.54) is 54.7 Å². The van der Waals surface area contributed by atoms with Crippen molar-refractivity contribution >= 4 is 72.8 Å². The van der Waals surface area contributed by atoms with Crippen LogP contribution in [0.2, 0.25) is 0 Å². The van der Waals surface area contributed by atoms with Crippen LogP contribution in [0.4, 0.5) is 16.6 Å². The highest BCUT2D eigenvalue weighted by molar-refractivity contribution is 7.22. The summed E-state index contributed by atoms with van der Waals surface area (Å²) in [5, 5.41) is 22.0. The number of ether oxygens (including phenoxy) is 1. The Balaban J connectivity index is 0.622. The van der Waals surface area contributed by atoms with Crippen LogP contribution in [-0.4, -0.2) is 92.7 Å². The number of hydrogen-bond acceptors (Lipinski definition) is 12. The Morgan fingerprint density at radius 2 is 1.63 bits per heavy atom. The highest BCUT2D eigenvalue weighted by atomic mass is 32.1. The minimum atomic E-state index is -1.11. The number of carbonyl (C=O) groups is 4. The fourth-order valence-electron chi connectivity index (χ4n) is 11.4. The van der Waals surface area contributed by atoms with Crippen LogP contribution in [0.25, 0.3) is 21.1 Å². The third-order valence-electron chi connectivity index (χ3n) is 15.6. The Hall–Kier alpha value is -7.17. The lowest BCUT2D eigenvalue weighted by Crippen LogP contribution is -2.39. The summed E-state index contributed by atoms with van der Waals surface area (Å²) >= 11 is 1.44. The standard InChI is InChI=1S/C57H61N9O6S/c1-63-48-33-41(15-16-44(48)53(62-63)45-17-19-51(67)60-55(45)69)65-29-23-37(24-30-65)22-28-64-26-20-36(21-27-64)12-13-38-6-4-8-42(32-38)72-35-40-14-18-50(59-52(40)56(70)71)66-31-25-39-7-5-9-43(46(39)34-66)54(68)61-57-58-47-10-2-3-11-49(47)73-57/h2-11,14-16,18,32-33,36-37,45H,12-13,17,19-31,34-35H2,1H3,(H,70,71)(H,58,61,68)(H,60,67,69). The number of anilines is 3. The maximum atomic E-state index is 13.6. The van der Waals surface area contributed by atoms with Crippen molar-refractivity contribution in [2.24, 2.45) is 18.9 Å². The summed E-state index contributed by atoms with van der Waals surface area (Å²) in [5.41, 5.74) is 8.03. The van der Waals surface area contributed by atoms with Crippen LogP contribution in [0.3, 0.4) is 0 Å². The Kier molecular flexibility index (Phi) is 13.9. The number of carboxylic acid groups (broad SMARTS) is 1. The average molecular weight is 1000 g/mol. The summed E-state index contributed by atoms with van der Waals surface area (Å²) in [6.45, 7) is 6.64. The van der Waals surface area contributed by atoms with Crippen molar-refractivity contribution in [2.45, 2.75) is 83.3 Å². The number of aromatic carboxylic acids is 1. The van der Waals surface area contributed by atoms with E-state index in [-0.39, 0.29) is 30.0 Å². The topological polar surface area (TPSA) is 175 Å². The van der Waals surface area contributed by atoms with E-state index < -0.39 is 11.9 Å². The van der Waals surface area contributed by atoms with Gasteiger partial charge in [0.05, 0.1) is 27.3 Å². The minimum absolute atomic E-state index is 0.0428.